The molecule has 0 heterocycles. The minimum atomic E-state index is -0.228. The van der Waals surface area contributed by atoms with Crippen LogP contribution < -0.4 is 11.3 Å². The van der Waals surface area contributed by atoms with Crippen molar-refractivity contribution < 1.29 is 4.39 Å². The monoisotopic (exact) mass is 344 g/mol. The summed E-state index contributed by atoms with van der Waals surface area (Å²) in [7, 11) is 0. The fourth-order valence-electron chi connectivity index (χ4n) is 1.89. The maximum atomic E-state index is 13.6. The number of benzene rings is 2. The van der Waals surface area contributed by atoms with E-state index in [0.717, 1.165) is 5.56 Å². The molecule has 0 radical (unpaired) electrons. The number of rotatable bonds is 6. The van der Waals surface area contributed by atoms with Gasteiger partial charge in [-0.05, 0) is 36.2 Å². The zero-order valence-electron chi connectivity index (χ0n) is 11.2. The molecule has 0 amide bonds. The van der Waals surface area contributed by atoms with Gasteiger partial charge in [-0.3, -0.25) is 11.3 Å². The molecule has 2 rings (SSSR count). The number of hydrazine groups is 1. The number of hydrogen-bond acceptors (Lipinski definition) is 3. The lowest BCUT2D eigenvalue weighted by atomic mass is 10.1. The van der Waals surface area contributed by atoms with Crippen LogP contribution in [0.5, 0.6) is 0 Å². The molecule has 3 N–H and O–H groups in total. The first-order valence-electron chi connectivity index (χ1n) is 6.38. The predicted molar refractivity (Wildman–Crippen MR) is 88.4 cm³/mol. The SMILES string of the molecule is NNC(CSc1ccccc1F)Cc1c(Cl)cccc1Cl. The first-order valence-corrected chi connectivity index (χ1v) is 8.12. The van der Waals surface area contributed by atoms with Crippen LogP contribution in [0.4, 0.5) is 4.39 Å². The van der Waals surface area contributed by atoms with E-state index in [1.807, 2.05) is 0 Å². The van der Waals surface area contributed by atoms with Crippen molar-refractivity contribution >= 4 is 35.0 Å². The van der Waals surface area contributed by atoms with E-state index in [4.69, 9.17) is 29.0 Å². The third kappa shape index (κ3) is 4.59. The van der Waals surface area contributed by atoms with E-state index in [0.29, 0.717) is 27.1 Å². The predicted octanol–water partition coefficient (Wildman–Crippen LogP) is 4.30. The molecule has 0 saturated carbocycles. The highest BCUT2D eigenvalue weighted by Gasteiger charge is 2.14. The van der Waals surface area contributed by atoms with E-state index in [1.165, 1.54) is 17.8 Å². The number of nitrogens with two attached hydrogens (primary N) is 1. The Balaban J connectivity index is 2.02. The molecule has 21 heavy (non-hydrogen) atoms. The molecule has 2 aromatic rings. The van der Waals surface area contributed by atoms with Crippen LogP contribution in [0.25, 0.3) is 0 Å². The van der Waals surface area contributed by atoms with Crippen LogP contribution in [0.3, 0.4) is 0 Å². The number of hydrogen-bond donors (Lipinski definition) is 2. The van der Waals surface area contributed by atoms with Gasteiger partial charge >= 0.3 is 0 Å². The van der Waals surface area contributed by atoms with E-state index in [9.17, 15) is 4.39 Å². The average Bonchev–Trinajstić information content (AvgIpc) is 2.48. The van der Waals surface area contributed by atoms with Crippen LogP contribution in [-0.4, -0.2) is 11.8 Å². The molecule has 6 heteroatoms. The second-order valence-corrected chi connectivity index (χ2v) is 6.39. The Morgan fingerprint density at radius 3 is 2.38 bits per heavy atom. The van der Waals surface area contributed by atoms with E-state index in [-0.39, 0.29) is 11.9 Å². The highest BCUT2D eigenvalue weighted by molar-refractivity contribution is 7.99. The topological polar surface area (TPSA) is 38.0 Å². The molecular formula is C15H15Cl2FN2S. The summed E-state index contributed by atoms with van der Waals surface area (Å²) in [5.41, 5.74) is 3.58. The van der Waals surface area contributed by atoms with Gasteiger partial charge in [0, 0.05) is 26.7 Å². The van der Waals surface area contributed by atoms with Crippen LogP contribution in [0.1, 0.15) is 5.56 Å². The Bertz CT molecular complexity index is 590. The van der Waals surface area contributed by atoms with Crippen molar-refractivity contribution in [1.82, 2.24) is 5.43 Å². The molecule has 0 aliphatic rings. The lowest BCUT2D eigenvalue weighted by Crippen LogP contribution is -2.38. The molecule has 0 bridgehead atoms. The van der Waals surface area contributed by atoms with Gasteiger partial charge in [0.2, 0.25) is 0 Å². The van der Waals surface area contributed by atoms with Crippen LogP contribution in [0, 0.1) is 5.82 Å². The molecule has 0 spiro atoms. The number of halogens is 3. The van der Waals surface area contributed by atoms with Gasteiger partial charge in [-0.1, -0.05) is 41.4 Å². The van der Waals surface area contributed by atoms with Gasteiger partial charge in [-0.25, -0.2) is 4.39 Å². The van der Waals surface area contributed by atoms with Crippen molar-refractivity contribution in [2.75, 3.05) is 5.75 Å². The molecule has 0 fully saturated rings. The van der Waals surface area contributed by atoms with Gasteiger partial charge in [-0.15, -0.1) is 11.8 Å². The molecule has 0 aliphatic carbocycles. The molecule has 2 aromatic carbocycles. The number of thioether (sulfide) groups is 1. The average molecular weight is 345 g/mol. The summed E-state index contributed by atoms with van der Waals surface area (Å²) in [4.78, 5) is 0.600. The zero-order chi connectivity index (χ0) is 15.2. The summed E-state index contributed by atoms with van der Waals surface area (Å²) in [5.74, 6) is 5.96. The Labute approximate surface area is 137 Å². The molecule has 1 atom stereocenters. The van der Waals surface area contributed by atoms with Crippen molar-refractivity contribution in [2.45, 2.75) is 17.4 Å². The summed E-state index contributed by atoms with van der Waals surface area (Å²) >= 11 is 13.7. The van der Waals surface area contributed by atoms with Crippen LogP contribution in [-0.2, 0) is 6.42 Å². The molecule has 0 aliphatic heterocycles. The van der Waals surface area contributed by atoms with Gasteiger partial charge in [0.15, 0.2) is 0 Å². The van der Waals surface area contributed by atoms with Gasteiger partial charge in [-0.2, -0.15) is 0 Å². The standard InChI is InChI=1S/C15H15Cl2FN2S/c16-12-4-3-5-13(17)11(12)8-10(20-19)9-21-15-7-2-1-6-14(15)18/h1-7,10,20H,8-9,19H2. The molecule has 0 saturated heterocycles. The maximum absolute atomic E-state index is 13.6. The van der Waals surface area contributed by atoms with Gasteiger partial charge in [0.05, 0.1) is 0 Å². The van der Waals surface area contributed by atoms with Crippen molar-refractivity contribution in [3.63, 3.8) is 0 Å². The van der Waals surface area contributed by atoms with Crippen molar-refractivity contribution in [3.8, 4) is 0 Å². The summed E-state index contributed by atoms with van der Waals surface area (Å²) in [6, 6.07) is 12.0. The molecule has 0 aromatic heterocycles. The highest BCUT2D eigenvalue weighted by Crippen LogP contribution is 2.27. The Hall–Kier alpha value is -0.780. The Morgan fingerprint density at radius 2 is 1.76 bits per heavy atom. The van der Waals surface area contributed by atoms with Crippen molar-refractivity contribution in [1.29, 1.82) is 0 Å². The lowest BCUT2D eigenvalue weighted by molar-refractivity contribution is 0.573. The molecule has 112 valence electrons. The number of nitrogens with one attached hydrogen (secondary N) is 1. The second-order valence-electron chi connectivity index (χ2n) is 4.51. The summed E-state index contributed by atoms with van der Waals surface area (Å²) in [6.45, 7) is 0. The largest absolute Gasteiger partial charge is 0.271 e. The van der Waals surface area contributed by atoms with E-state index in [2.05, 4.69) is 5.43 Å². The van der Waals surface area contributed by atoms with Crippen LogP contribution >= 0.6 is 35.0 Å². The smallest absolute Gasteiger partial charge is 0.136 e. The fraction of sp³-hybridized carbons (Fsp3) is 0.200. The summed E-state index contributed by atoms with van der Waals surface area (Å²) < 4.78 is 13.6. The van der Waals surface area contributed by atoms with Gasteiger partial charge in [0.25, 0.3) is 0 Å². The summed E-state index contributed by atoms with van der Waals surface area (Å²) in [5, 5.41) is 1.22. The molecular weight excluding hydrogens is 330 g/mol. The van der Waals surface area contributed by atoms with Crippen LogP contribution in [0.15, 0.2) is 47.4 Å². The quantitative estimate of drug-likeness (QED) is 0.466. The van der Waals surface area contributed by atoms with E-state index >= 15 is 0 Å². The van der Waals surface area contributed by atoms with E-state index in [1.54, 1.807) is 36.4 Å². The minimum absolute atomic E-state index is 0.0630. The minimum Gasteiger partial charge on any atom is -0.271 e. The van der Waals surface area contributed by atoms with E-state index < -0.39 is 0 Å². The van der Waals surface area contributed by atoms with Crippen molar-refractivity contribution in [3.05, 3.63) is 63.9 Å². The first kappa shape index (κ1) is 16.6. The zero-order valence-corrected chi connectivity index (χ0v) is 13.5. The third-order valence-corrected chi connectivity index (χ3v) is 4.94. The van der Waals surface area contributed by atoms with Crippen LogP contribution in [0.2, 0.25) is 10.0 Å². The Kier molecular flexibility index (Phi) is 6.33. The first-order chi connectivity index (χ1) is 10.1. The fourth-order valence-corrected chi connectivity index (χ4v) is 3.42. The third-order valence-electron chi connectivity index (χ3n) is 3.02. The van der Waals surface area contributed by atoms with Gasteiger partial charge in [0.1, 0.15) is 5.82 Å². The van der Waals surface area contributed by atoms with Gasteiger partial charge < -0.3 is 0 Å². The Morgan fingerprint density at radius 1 is 1.10 bits per heavy atom. The highest BCUT2D eigenvalue weighted by atomic mass is 35.5. The molecule has 1 unspecified atom stereocenters. The second kappa shape index (κ2) is 8.01. The summed E-state index contributed by atoms with van der Waals surface area (Å²) in [6.07, 6.45) is 0.580. The normalized spacial score (nSPS) is 12.4. The maximum Gasteiger partial charge on any atom is 0.136 e. The lowest BCUT2D eigenvalue weighted by Gasteiger charge is -2.17. The van der Waals surface area contributed by atoms with Crippen molar-refractivity contribution in [2.24, 2.45) is 5.84 Å². The molecule has 2 nitrogen and oxygen atoms in total.